The zero-order valence-corrected chi connectivity index (χ0v) is 12.5. The normalized spacial score (nSPS) is 22.4. The number of rotatable bonds is 3. The van der Waals surface area contributed by atoms with Crippen molar-refractivity contribution in [3.8, 4) is 0 Å². The highest BCUT2D eigenvalue weighted by atomic mass is 15.2. The van der Waals surface area contributed by atoms with E-state index in [0.717, 1.165) is 19.6 Å². The van der Waals surface area contributed by atoms with Crippen molar-refractivity contribution in [2.75, 3.05) is 19.6 Å². The smallest absolute Gasteiger partial charge is 0.0731 e. The van der Waals surface area contributed by atoms with Crippen molar-refractivity contribution in [2.24, 2.45) is 0 Å². The van der Waals surface area contributed by atoms with E-state index in [1.54, 1.807) is 0 Å². The predicted molar refractivity (Wildman–Crippen MR) is 85.2 cm³/mol. The molecule has 4 rings (SSSR count). The molecule has 0 amide bonds. The van der Waals surface area contributed by atoms with Gasteiger partial charge in [0.05, 0.1) is 6.04 Å². The first-order valence-corrected chi connectivity index (χ1v) is 8.11. The molecule has 21 heavy (non-hydrogen) atoms. The summed E-state index contributed by atoms with van der Waals surface area (Å²) in [6.45, 7) is 5.78. The number of fused-ring (bicyclic) bond motifs is 1. The molecule has 3 heterocycles. The molecule has 2 aromatic rings. The maximum absolute atomic E-state index is 3.66. The Morgan fingerprint density at radius 1 is 0.952 bits per heavy atom. The fraction of sp³-hybridized carbons (Fsp3) is 0.444. The number of likely N-dealkylation sites (tertiary alicyclic amines) is 1. The van der Waals surface area contributed by atoms with Crippen LogP contribution in [0.1, 0.15) is 35.8 Å². The Bertz CT molecular complexity index is 596. The summed E-state index contributed by atoms with van der Waals surface area (Å²) in [7, 11) is 0. The van der Waals surface area contributed by atoms with E-state index in [1.165, 1.54) is 42.9 Å². The third-order valence-corrected chi connectivity index (χ3v) is 4.80. The first-order chi connectivity index (χ1) is 10.4. The second-order valence-corrected chi connectivity index (χ2v) is 6.18. The molecule has 3 nitrogen and oxygen atoms in total. The molecule has 2 aliphatic heterocycles. The molecule has 1 aromatic heterocycles. The first-order valence-electron chi connectivity index (χ1n) is 8.11. The zero-order valence-electron chi connectivity index (χ0n) is 12.5. The molecule has 0 radical (unpaired) electrons. The molecule has 1 atom stereocenters. The van der Waals surface area contributed by atoms with E-state index in [1.807, 2.05) is 0 Å². The maximum Gasteiger partial charge on any atom is 0.0731 e. The Kier molecular flexibility index (Phi) is 3.53. The number of aromatic nitrogens is 1. The Labute approximate surface area is 126 Å². The van der Waals surface area contributed by atoms with Crippen molar-refractivity contribution in [1.29, 1.82) is 0 Å². The Morgan fingerprint density at radius 3 is 2.57 bits per heavy atom. The fourth-order valence-corrected chi connectivity index (χ4v) is 3.72. The van der Waals surface area contributed by atoms with Crippen molar-refractivity contribution in [2.45, 2.75) is 32.0 Å². The van der Waals surface area contributed by atoms with Gasteiger partial charge in [-0.15, -0.1) is 0 Å². The van der Waals surface area contributed by atoms with Crippen LogP contribution in [0.5, 0.6) is 0 Å². The Morgan fingerprint density at radius 2 is 1.76 bits per heavy atom. The lowest BCUT2D eigenvalue weighted by Gasteiger charge is -2.29. The number of hydrogen-bond donors (Lipinski definition) is 1. The minimum atomic E-state index is 0.340. The van der Waals surface area contributed by atoms with Crippen LogP contribution in [0, 0.1) is 0 Å². The van der Waals surface area contributed by atoms with Crippen LogP contribution in [0.2, 0.25) is 0 Å². The van der Waals surface area contributed by atoms with Crippen molar-refractivity contribution in [1.82, 2.24) is 14.8 Å². The highest BCUT2D eigenvalue weighted by molar-refractivity contribution is 5.32. The van der Waals surface area contributed by atoms with Crippen LogP contribution in [0.15, 0.2) is 42.5 Å². The summed E-state index contributed by atoms with van der Waals surface area (Å²) in [6.07, 6.45) is 2.73. The summed E-state index contributed by atoms with van der Waals surface area (Å²) in [4.78, 5) is 2.59. The summed E-state index contributed by atoms with van der Waals surface area (Å²) in [5.74, 6) is 0. The van der Waals surface area contributed by atoms with Crippen LogP contribution in [-0.2, 0) is 13.1 Å². The number of benzene rings is 1. The summed E-state index contributed by atoms with van der Waals surface area (Å²) in [5.41, 5.74) is 4.26. The SMILES string of the molecule is c1ccc(C2NCCn3c(CN4CCCC4)ccc32)cc1. The van der Waals surface area contributed by atoms with E-state index in [0.29, 0.717) is 6.04 Å². The molecule has 3 heteroatoms. The van der Waals surface area contributed by atoms with Crippen LogP contribution < -0.4 is 5.32 Å². The molecule has 1 N–H and O–H groups in total. The van der Waals surface area contributed by atoms with Crippen LogP contribution in [-0.4, -0.2) is 29.1 Å². The largest absolute Gasteiger partial charge is 0.344 e. The fourth-order valence-electron chi connectivity index (χ4n) is 3.72. The van der Waals surface area contributed by atoms with E-state index in [4.69, 9.17) is 0 Å². The van der Waals surface area contributed by atoms with E-state index in [2.05, 4.69) is 57.2 Å². The molecule has 0 aliphatic carbocycles. The zero-order chi connectivity index (χ0) is 14.1. The van der Waals surface area contributed by atoms with E-state index in [-0.39, 0.29) is 0 Å². The molecule has 1 aromatic carbocycles. The van der Waals surface area contributed by atoms with Gasteiger partial charge in [0, 0.05) is 31.0 Å². The highest BCUT2D eigenvalue weighted by Crippen LogP contribution is 2.27. The van der Waals surface area contributed by atoms with Gasteiger partial charge in [0.15, 0.2) is 0 Å². The summed E-state index contributed by atoms with van der Waals surface area (Å²) in [6, 6.07) is 15.8. The van der Waals surface area contributed by atoms with Gasteiger partial charge < -0.3 is 9.88 Å². The standard InChI is InChI=1S/C18H23N3/c1-2-6-15(7-3-1)18-17-9-8-16(21(17)13-10-19-18)14-20-11-4-5-12-20/h1-3,6-9,18-19H,4-5,10-14H2. The van der Waals surface area contributed by atoms with E-state index in [9.17, 15) is 0 Å². The molecule has 1 fully saturated rings. The summed E-state index contributed by atoms with van der Waals surface area (Å²) < 4.78 is 2.53. The monoisotopic (exact) mass is 281 g/mol. The predicted octanol–water partition coefficient (Wildman–Crippen LogP) is 2.78. The minimum Gasteiger partial charge on any atom is -0.344 e. The Hall–Kier alpha value is -1.58. The quantitative estimate of drug-likeness (QED) is 0.933. The van der Waals surface area contributed by atoms with Crippen molar-refractivity contribution >= 4 is 0 Å². The Balaban J connectivity index is 1.62. The van der Waals surface area contributed by atoms with Gasteiger partial charge in [0.2, 0.25) is 0 Å². The van der Waals surface area contributed by atoms with Crippen LogP contribution in [0.4, 0.5) is 0 Å². The summed E-state index contributed by atoms with van der Waals surface area (Å²) >= 11 is 0. The van der Waals surface area contributed by atoms with E-state index >= 15 is 0 Å². The van der Waals surface area contributed by atoms with E-state index < -0.39 is 0 Å². The number of nitrogens with zero attached hydrogens (tertiary/aromatic N) is 2. The third-order valence-electron chi connectivity index (χ3n) is 4.80. The molecule has 1 unspecified atom stereocenters. The molecular weight excluding hydrogens is 258 g/mol. The lowest BCUT2D eigenvalue weighted by molar-refractivity contribution is 0.316. The second kappa shape index (κ2) is 5.66. The average Bonchev–Trinajstić information content (AvgIpc) is 3.19. The van der Waals surface area contributed by atoms with Gasteiger partial charge in [-0.2, -0.15) is 0 Å². The van der Waals surface area contributed by atoms with Gasteiger partial charge in [-0.05, 0) is 43.6 Å². The molecular formula is C18H23N3. The summed E-state index contributed by atoms with van der Waals surface area (Å²) in [5, 5.41) is 3.66. The van der Waals surface area contributed by atoms with Crippen LogP contribution in [0.3, 0.4) is 0 Å². The highest BCUT2D eigenvalue weighted by Gasteiger charge is 2.24. The third kappa shape index (κ3) is 2.52. The first kappa shape index (κ1) is 13.1. The number of nitrogens with one attached hydrogen (secondary N) is 1. The molecule has 1 saturated heterocycles. The number of hydrogen-bond acceptors (Lipinski definition) is 2. The topological polar surface area (TPSA) is 20.2 Å². The maximum atomic E-state index is 3.66. The molecule has 2 aliphatic rings. The van der Waals surface area contributed by atoms with Gasteiger partial charge in [-0.3, -0.25) is 4.90 Å². The minimum absolute atomic E-state index is 0.340. The van der Waals surface area contributed by atoms with Gasteiger partial charge in [-0.25, -0.2) is 0 Å². The van der Waals surface area contributed by atoms with Crippen molar-refractivity contribution < 1.29 is 0 Å². The van der Waals surface area contributed by atoms with Gasteiger partial charge in [-0.1, -0.05) is 30.3 Å². The molecule has 0 bridgehead atoms. The van der Waals surface area contributed by atoms with Crippen molar-refractivity contribution in [3.05, 3.63) is 59.4 Å². The van der Waals surface area contributed by atoms with Crippen LogP contribution in [0.25, 0.3) is 0 Å². The van der Waals surface area contributed by atoms with Crippen molar-refractivity contribution in [3.63, 3.8) is 0 Å². The lowest BCUT2D eigenvalue weighted by Crippen LogP contribution is -2.35. The lowest BCUT2D eigenvalue weighted by atomic mass is 10.0. The van der Waals surface area contributed by atoms with Gasteiger partial charge >= 0.3 is 0 Å². The molecule has 0 saturated carbocycles. The average molecular weight is 281 g/mol. The second-order valence-electron chi connectivity index (χ2n) is 6.18. The van der Waals surface area contributed by atoms with Gasteiger partial charge in [0.25, 0.3) is 0 Å². The molecule has 0 spiro atoms. The van der Waals surface area contributed by atoms with Crippen LogP contribution >= 0.6 is 0 Å². The molecule has 110 valence electrons. The van der Waals surface area contributed by atoms with Gasteiger partial charge in [0.1, 0.15) is 0 Å².